The molecule has 1 aliphatic heterocycles. The maximum absolute atomic E-state index is 13.1. The number of carboxylic acid groups (broad SMARTS) is 1. The molecule has 1 saturated heterocycles. The zero-order chi connectivity index (χ0) is 20.5. The van der Waals surface area contributed by atoms with Crippen molar-refractivity contribution in [2.45, 2.75) is 31.9 Å². The number of pyridine rings is 1. The summed E-state index contributed by atoms with van der Waals surface area (Å²) in [5, 5.41) is 18.4. The minimum atomic E-state index is -0.949. The number of hydrogen-bond donors (Lipinski definition) is 1. The second kappa shape index (κ2) is 7.59. The number of carbonyl (C=O) groups excluding carboxylic acids is 1. The van der Waals surface area contributed by atoms with Gasteiger partial charge >= 0.3 is 5.97 Å². The predicted octanol–water partition coefficient (Wildman–Crippen LogP) is 1.83. The molecule has 0 radical (unpaired) electrons. The number of methoxy groups -OCH3 is 1. The first-order valence-corrected chi connectivity index (χ1v) is 9.31. The van der Waals surface area contributed by atoms with Crippen molar-refractivity contribution >= 4 is 22.8 Å². The number of aromatic nitrogens is 4. The summed E-state index contributed by atoms with van der Waals surface area (Å²) in [5.41, 5.74) is 2.44. The number of ether oxygens (including phenoxy) is 1. The zero-order valence-corrected chi connectivity index (χ0v) is 16.1. The van der Waals surface area contributed by atoms with E-state index < -0.39 is 12.0 Å². The van der Waals surface area contributed by atoms with Crippen molar-refractivity contribution in [2.75, 3.05) is 13.7 Å². The van der Waals surface area contributed by atoms with Crippen LogP contribution in [0.2, 0.25) is 0 Å². The van der Waals surface area contributed by atoms with E-state index in [1.165, 1.54) is 4.90 Å². The molecule has 9 nitrogen and oxygen atoms in total. The van der Waals surface area contributed by atoms with E-state index >= 15 is 0 Å². The lowest BCUT2D eigenvalue weighted by Gasteiger charge is -2.22. The lowest BCUT2D eigenvalue weighted by atomic mass is 10.1. The molecule has 0 saturated carbocycles. The van der Waals surface area contributed by atoms with Crippen molar-refractivity contribution in [3.63, 3.8) is 0 Å². The second-order valence-corrected chi connectivity index (χ2v) is 7.12. The summed E-state index contributed by atoms with van der Waals surface area (Å²) < 4.78 is 6.96. The molecule has 0 aliphatic carbocycles. The van der Waals surface area contributed by atoms with E-state index in [2.05, 4.69) is 15.3 Å². The summed E-state index contributed by atoms with van der Waals surface area (Å²) in [6.07, 6.45) is 1.90. The maximum Gasteiger partial charge on any atom is 0.305 e. The molecular weight excluding hydrogens is 374 g/mol. The van der Waals surface area contributed by atoms with Crippen LogP contribution in [0.1, 0.15) is 29.0 Å². The molecule has 4 rings (SSSR count). The third-order valence-corrected chi connectivity index (χ3v) is 5.31. The smallest absolute Gasteiger partial charge is 0.305 e. The average molecular weight is 395 g/mol. The van der Waals surface area contributed by atoms with Crippen molar-refractivity contribution in [3.8, 4) is 5.69 Å². The van der Waals surface area contributed by atoms with Crippen molar-refractivity contribution < 1.29 is 19.4 Å². The molecule has 2 aromatic heterocycles. The molecule has 1 aromatic carbocycles. The van der Waals surface area contributed by atoms with E-state index in [1.807, 2.05) is 30.3 Å². The van der Waals surface area contributed by atoms with Crippen LogP contribution in [-0.2, 0) is 9.53 Å². The van der Waals surface area contributed by atoms with Crippen molar-refractivity contribution in [1.82, 2.24) is 24.9 Å². The fraction of sp³-hybridized carbons (Fsp3) is 0.350. The Morgan fingerprint density at radius 1 is 1.31 bits per heavy atom. The highest BCUT2D eigenvalue weighted by atomic mass is 16.5. The van der Waals surface area contributed by atoms with Crippen LogP contribution in [0.3, 0.4) is 0 Å². The van der Waals surface area contributed by atoms with E-state index in [0.717, 1.165) is 16.6 Å². The Morgan fingerprint density at radius 2 is 2.14 bits per heavy atom. The first kappa shape index (κ1) is 19.0. The summed E-state index contributed by atoms with van der Waals surface area (Å²) in [6.45, 7) is 2.11. The SMILES string of the molecule is COC1CC(CC(=O)O)N(C(=O)c2nnn(-c3ccc4ncccc4c3)c2C)C1. The normalized spacial score (nSPS) is 19.0. The molecule has 3 aromatic rings. The highest BCUT2D eigenvalue weighted by molar-refractivity contribution is 5.94. The van der Waals surface area contributed by atoms with Gasteiger partial charge in [-0.25, -0.2) is 4.68 Å². The number of aliphatic carboxylic acids is 1. The monoisotopic (exact) mass is 395 g/mol. The topological polar surface area (TPSA) is 110 Å². The van der Waals surface area contributed by atoms with Crippen LogP contribution < -0.4 is 0 Å². The summed E-state index contributed by atoms with van der Waals surface area (Å²) in [7, 11) is 1.56. The second-order valence-electron chi connectivity index (χ2n) is 7.12. The van der Waals surface area contributed by atoms with Crippen LogP contribution >= 0.6 is 0 Å². The molecular formula is C20H21N5O4. The summed E-state index contributed by atoms with van der Waals surface area (Å²) >= 11 is 0. The molecule has 0 bridgehead atoms. The fourth-order valence-electron chi connectivity index (χ4n) is 3.79. The van der Waals surface area contributed by atoms with Gasteiger partial charge in [-0.05, 0) is 37.6 Å². The number of nitrogens with zero attached hydrogens (tertiary/aromatic N) is 5. The number of carbonyl (C=O) groups is 2. The molecule has 29 heavy (non-hydrogen) atoms. The summed E-state index contributed by atoms with van der Waals surface area (Å²) in [5.74, 6) is -1.28. The van der Waals surface area contributed by atoms with Crippen LogP contribution in [-0.4, -0.2) is 67.7 Å². The van der Waals surface area contributed by atoms with Crippen LogP contribution in [0.15, 0.2) is 36.5 Å². The van der Waals surface area contributed by atoms with E-state index in [1.54, 1.807) is 24.9 Å². The minimum Gasteiger partial charge on any atom is -0.481 e. The number of fused-ring (bicyclic) bond motifs is 1. The van der Waals surface area contributed by atoms with E-state index in [9.17, 15) is 14.7 Å². The molecule has 9 heteroatoms. The number of likely N-dealkylation sites (tertiary alicyclic amines) is 1. The first-order chi connectivity index (χ1) is 14.0. The third-order valence-electron chi connectivity index (χ3n) is 5.31. The van der Waals surface area contributed by atoms with Gasteiger partial charge in [0.2, 0.25) is 0 Å². The van der Waals surface area contributed by atoms with Gasteiger partial charge < -0.3 is 14.7 Å². The number of hydrogen-bond acceptors (Lipinski definition) is 6. The van der Waals surface area contributed by atoms with E-state index in [0.29, 0.717) is 18.7 Å². The van der Waals surface area contributed by atoms with Gasteiger partial charge in [-0.2, -0.15) is 0 Å². The Bertz CT molecular complexity index is 1080. The van der Waals surface area contributed by atoms with Crippen LogP contribution in [0.25, 0.3) is 16.6 Å². The van der Waals surface area contributed by atoms with Gasteiger partial charge in [0, 0.05) is 31.3 Å². The van der Waals surface area contributed by atoms with E-state index in [-0.39, 0.29) is 24.1 Å². The minimum absolute atomic E-state index is 0.129. The molecule has 1 aliphatic rings. The molecule has 1 amide bonds. The first-order valence-electron chi connectivity index (χ1n) is 9.31. The van der Waals surface area contributed by atoms with Crippen LogP contribution in [0.5, 0.6) is 0 Å². The molecule has 3 heterocycles. The molecule has 150 valence electrons. The van der Waals surface area contributed by atoms with Gasteiger partial charge in [-0.1, -0.05) is 11.3 Å². The van der Waals surface area contributed by atoms with Gasteiger partial charge in [0.1, 0.15) is 0 Å². The molecule has 1 fully saturated rings. The third kappa shape index (κ3) is 3.56. The van der Waals surface area contributed by atoms with Gasteiger partial charge in [-0.3, -0.25) is 14.6 Å². The summed E-state index contributed by atoms with van der Waals surface area (Å²) in [6, 6.07) is 9.08. The Balaban J connectivity index is 1.64. The Kier molecular flexibility index (Phi) is 4.98. The molecule has 0 spiro atoms. The number of amides is 1. The predicted molar refractivity (Wildman–Crippen MR) is 104 cm³/mol. The van der Waals surface area contributed by atoms with Gasteiger partial charge in [0.15, 0.2) is 5.69 Å². The van der Waals surface area contributed by atoms with Gasteiger partial charge in [0.05, 0.1) is 29.4 Å². The summed E-state index contributed by atoms with van der Waals surface area (Å²) in [4.78, 5) is 30.2. The average Bonchev–Trinajstić information content (AvgIpc) is 3.30. The quantitative estimate of drug-likeness (QED) is 0.702. The Labute approximate surface area is 166 Å². The Hall–Kier alpha value is -3.33. The number of rotatable bonds is 5. The largest absolute Gasteiger partial charge is 0.481 e. The fourth-order valence-corrected chi connectivity index (χ4v) is 3.79. The highest BCUT2D eigenvalue weighted by Crippen LogP contribution is 2.26. The van der Waals surface area contributed by atoms with Crippen molar-refractivity contribution in [2.24, 2.45) is 0 Å². The number of carboxylic acids is 1. The van der Waals surface area contributed by atoms with Gasteiger partial charge in [0.25, 0.3) is 5.91 Å². The van der Waals surface area contributed by atoms with Gasteiger partial charge in [-0.15, -0.1) is 5.10 Å². The molecule has 1 N–H and O–H groups in total. The molecule has 2 atom stereocenters. The Morgan fingerprint density at radius 3 is 2.90 bits per heavy atom. The lowest BCUT2D eigenvalue weighted by molar-refractivity contribution is -0.138. The lowest BCUT2D eigenvalue weighted by Crippen LogP contribution is -2.38. The van der Waals surface area contributed by atoms with Crippen LogP contribution in [0, 0.1) is 6.92 Å². The molecule has 2 unspecified atom stereocenters. The zero-order valence-electron chi connectivity index (χ0n) is 16.1. The standard InChI is InChI=1S/C20H21N5O4/c1-12-19(20(28)24-11-16(29-2)9-15(24)10-18(26)27)22-23-25(12)14-5-6-17-13(8-14)4-3-7-21-17/h3-8,15-16H,9-11H2,1-2H3,(H,26,27). The number of benzene rings is 1. The van der Waals surface area contributed by atoms with Crippen molar-refractivity contribution in [1.29, 1.82) is 0 Å². The highest BCUT2D eigenvalue weighted by Gasteiger charge is 2.38. The maximum atomic E-state index is 13.1. The van der Waals surface area contributed by atoms with Crippen LogP contribution in [0.4, 0.5) is 0 Å². The van der Waals surface area contributed by atoms with E-state index in [4.69, 9.17) is 4.74 Å². The van der Waals surface area contributed by atoms with Crippen molar-refractivity contribution in [3.05, 3.63) is 47.9 Å².